The van der Waals surface area contributed by atoms with Gasteiger partial charge in [-0.3, -0.25) is 0 Å². The standard InChI is InChI=1S/C10H13BrFNO/c1-2-3-9(13)7-4-6(12)5-8(11)10(7)14/h4-5,9,14H,2-3,13H2,1H3. The van der Waals surface area contributed by atoms with Crippen molar-refractivity contribution in [2.24, 2.45) is 5.73 Å². The van der Waals surface area contributed by atoms with Gasteiger partial charge < -0.3 is 10.8 Å². The molecule has 0 aromatic heterocycles. The van der Waals surface area contributed by atoms with Crippen molar-refractivity contribution in [1.29, 1.82) is 0 Å². The first-order valence-electron chi connectivity index (χ1n) is 4.49. The van der Waals surface area contributed by atoms with Crippen LogP contribution in [0.25, 0.3) is 0 Å². The molecule has 2 nitrogen and oxygen atoms in total. The summed E-state index contributed by atoms with van der Waals surface area (Å²) in [6.45, 7) is 1.99. The van der Waals surface area contributed by atoms with E-state index in [0.717, 1.165) is 12.8 Å². The van der Waals surface area contributed by atoms with Gasteiger partial charge >= 0.3 is 0 Å². The van der Waals surface area contributed by atoms with Crippen LogP contribution in [0.3, 0.4) is 0 Å². The van der Waals surface area contributed by atoms with Gasteiger partial charge in [0.05, 0.1) is 4.47 Å². The van der Waals surface area contributed by atoms with Crippen molar-refractivity contribution in [2.45, 2.75) is 25.8 Å². The Labute approximate surface area is 91.1 Å². The maximum atomic E-state index is 13.0. The predicted octanol–water partition coefficient (Wildman–Crippen LogP) is 3.09. The minimum absolute atomic E-state index is 0.0346. The van der Waals surface area contributed by atoms with Gasteiger partial charge in [0, 0.05) is 11.6 Å². The van der Waals surface area contributed by atoms with E-state index in [1.54, 1.807) is 0 Å². The number of nitrogens with two attached hydrogens (primary N) is 1. The van der Waals surface area contributed by atoms with E-state index in [-0.39, 0.29) is 11.8 Å². The first kappa shape index (κ1) is 11.5. The fourth-order valence-electron chi connectivity index (χ4n) is 1.34. The quantitative estimate of drug-likeness (QED) is 0.879. The zero-order valence-electron chi connectivity index (χ0n) is 7.93. The van der Waals surface area contributed by atoms with Crippen LogP contribution in [-0.2, 0) is 0 Å². The third-order valence-corrected chi connectivity index (χ3v) is 2.66. The highest BCUT2D eigenvalue weighted by Crippen LogP contribution is 2.33. The lowest BCUT2D eigenvalue weighted by atomic mass is 10.0. The van der Waals surface area contributed by atoms with Crippen LogP contribution in [0, 0.1) is 5.82 Å². The Bertz CT molecular complexity index is 330. The molecule has 4 heteroatoms. The molecular formula is C10H13BrFNO. The zero-order chi connectivity index (χ0) is 10.7. The molecule has 0 saturated carbocycles. The lowest BCUT2D eigenvalue weighted by molar-refractivity contribution is 0.451. The van der Waals surface area contributed by atoms with Gasteiger partial charge in [0.1, 0.15) is 11.6 Å². The van der Waals surface area contributed by atoms with Crippen molar-refractivity contribution in [3.8, 4) is 5.75 Å². The summed E-state index contributed by atoms with van der Waals surface area (Å²) in [6.07, 6.45) is 1.62. The Hall–Kier alpha value is -0.610. The van der Waals surface area contributed by atoms with Gasteiger partial charge in [0.25, 0.3) is 0 Å². The second-order valence-electron chi connectivity index (χ2n) is 3.22. The number of halogens is 2. The summed E-state index contributed by atoms with van der Waals surface area (Å²) < 4.78 is 13.4. The second-order valence-corrected chi connectivity index (χ2v) is 4.07. The molecule has 0 amide bonds. The molecule has 0 heterocycles. The predicted molar refractivity (Wildman–Crippen MR) is 57.6 cm³/mol. The van der Waals surface area contributed by atoms with E-state index >= 15 is 0 Å². The first-order chi connectivity index (χ1) is 6.56. The van der Waals surface area contributed by atoms with Crippen LogP contribution in [-0.4, -0.2) is 5.11 Å². The highest BCUT2D eigenvalue weighted by molar-refractivity contribution is 9.10. The van der Waals surface area contributed by atoms with Crippen LogP contribution in [0.15, 0.2) is 16.6 Å². The van der Waals surface area contributed by atoms with Gasteiger partial charge in [-0.1, -0.05) is 13.3 Å². The van der Waals surface area contributed by atoms with Gasteiger partial charge in [0.2, 0.25) is 0 Å². The van der Waals surface area contributed by atoms with E-state index in [0.29, 0.717) is 10.0 Å². The van der Waals surface area contributed by atoms with Crippen molar-refractivity contribution >= 4 is 15.9 Å². The van der Waals surface area contributed by atoms with Crippen molar-refractivity contribution in [3.05, 3.63) is 28.0 Å². The van der Waals surface area contributed by atoms with Crippen LogP contribution < -0.4 is 5.73 Å². The summed E-state index contributed by atoms with van der Waals surface area (Å²) in [5.41, 5.74) is 6.25. The average Bonchev–Trinajstić information content (AvgIpc) is 2.11. The molecule has 0 fully saturated rings. The molecule has 0 bridgehead atoms. The Morgan fingerprint density at radius 1 is 1.57 bits per heavy atom. The maximum absolute atomic E-state index is 13.0. The van der Waals surface area contributed by atoms with E-state index in [2.05, 4.69) is 15.9 Å². The van der Waals surface area contributed by atoms with Crippen molar-refractivity contribution < 1.29 is 9.50 Å². The molecule has 1 rings (SSSR count). The number of rotatable bonds is 3. The Kier molecular flexibility index (Phi) is 3.89. The Morgan fingerprint density at radius 3 is 2.79 bits per heavy atom. The van der Waals surface area contributed by atoms with Gasteiger partial charge in [-0.2, -0.15) is 0 Å². The Balaban J connectivity index is 3.07. The smallest absolute Gasteiger partial charge is 0.134 e. The summed E-state index contributed by atoms with van der Waals surface area (Å²) in [7, 11) is 0. The monoisotopic (exact) mass is 261 g/mol. The normalized spacial score (nSPS) is 12.9. The lowest BCUT2D eigenvalue weighted by Crippen LogP contribution is -2.10. The lowest BCUT2D eigenvalue weighted by Gasteiger charge is -2.13. The van der Waals surface area contributed by atoms with Crippen LogP contribution in [0.4, 0.5) is 4.39 Å². The minimum Gasteiger partial charge on any atom is -0.506 e. The summed E-state index contributed by atoms with van der Waals surface area (Å²) in [5, 5.41) is 9.63. The van der Waals surface area contributed by atoms with E-state index < -0.39 is 5.82 Å². The van der Waals surface area contributed by atoms with Crippen molar-refractivity contribution in [1.82, 2.24) is 0 Å². The third-order valence-electron chi connectivity index (χ3n) is 2.06. The number of hydrogen-bond acceptors (Lipinski definition) is 2. The SMILES string of the molecule is CCCC(N)c1cc(F)cc(Br)c1O. The van der Waals surface area contributed by atoms with Crippen LogP contribution in [0.5, 0.6) is 5.75 Å². The Morgan fingerprint density at radius 2 is 2.21 bits per heavy atom. The number of aromatic hydroxyl groups is 1. The molecule has 0 aliphatic carbocycles. The topological polar surface area (TPSA) is 46.2 Å². The molecule has 0 saturated heterocycles. The largest absolute Gasteiger partial charge is 0.506 e. The van der Waals surface area contributed by atoms with Gasteiger partial charge in [-0.25, -0.2) is 4.39 Å². The molecule has 1 atom stereocenters. The fourth-order valence-corrected chi connectivity index (χ4v) is 1.78. The highest BCUT2D eigenvalue weighted by Gasteiger charge is 2.14. The van der Waals surface area contributed by atoms with Crippen molar-refractivity contribution in [3.63, 3.8) is 0 Å². The number of hydrogen-bond donors (Lipinski definition) is 2. The molecule has 78 valence electrons. The van der Waals surface area contributed by atoms with Crippen LogP contribution >= 0.6 is 15.9 Å². The van der Waals surface area contributed by atoms with E-state index in [9.17, 15) is 9.50 Å². The highest BCUT2D eigenvalue weighted by atomic mass is 79.9. The maximum Gasteiger partial charge on any atom is 0.134 e. The molecule has 0 aliphatic rings. The molecule has 3 N–H and O–H groups in total. The van der Waals surface area contributed by atoms with E-state index in [1.165, 1.54) is 12.1 Å². The van der Waals surface area contributed by atoms with Gasteiger partial charge in [0.15, 0.2) is 0 Å². The summed E-state index contributed by atoms with van der Waals surface area (Å²) in [5.74, 6) is -0.358. The second kappa shape index (κ2) is 4.75. The number of phenolic OH excluding ortho intramolecular Hbond substituents is 1. The zero-order valence-corrected chi connectivity index (χ0v) is 9.51. The number of phenols is 1. The molecule has 1 aromatic rings. The van der Waals surface area contributed by atoms with Gasteiger partial charge in [-0.15, -0.1) is 0 Å². The van der Waals surface area contributed by atoms with E-state index in [4.69, 9.17) is 5.73 Å². The van der Waals surface area contributed by atoms with E-state index in [1.807, 2.05) is 6.92 Å². The number of benzene rings is 1. The summed E-state index contributed by atoms with van der Waals surface area (Å²) in [6, 6.07) is 2.18. The first-order valence-corrected chi connectivity index (χ1v) is 5.29. The third kappa shape index (κ3) is 2.45. The molecule has 0 radical (unpaired) electrons. The summed E-state index contributed by atoms with van der Waals surface area (Å²) in [4.78, 5) is 0. The van der Waals surface area contributed by atoms with Gasteiger partial charge in [-0.05, 0) is 34.5 Å². The average molecular weight is 262 g/mol. The molecular weight excluding hydrogens is 249 g/mol. The molecule has 0 aliphatic heterocycles. The molecule has 14 heavy (non-hydrogen) atoms. The van der Waals surface area contributed by atoms with Crippen molar-refractivity contribution in [2.75, 3.05) is 0 Å². The van der Waals surface area contributed by atoms with Crippen LogP contribution in [0.1, 0.15) is 31.4 Å². The molecule has 0 spiro atoms. The molecule has 1 unspecified atom stereocenters. The fraction of sp³-hybridized carbons (Fsp3) is 0.400. The molecule has 1 aromatic carbocycles. The minimum atomic E-state index is -0.392. The van der Waals surface area contributed by atoms with Crippen LogP contribution in [0.2, 0.25) is 0 Å². The summed E-state index contributed by atoms with van der Waals surface area (Å²) >= 11 is 3.07.